The van der Waals surface area contributed by atoms with Crippen LogP contribution in [-0.2, 0) is 6.54 Å². The Bertz CT molecular complexity index is 900. The lowest BCUT2D eigenvalue weighted by molar-refractivity contribution is 0.102. The van der Waals surface area contributed by atoms with Crippen LogP contribution in [0.15, 0.2) is 35.5 Å². The van der Waals surface area contributed by atoms with E-state index in [9.17, 15) is 9.18 Å². The first-order valence-electron chi connectivity index (χ1n) is 7.69. The number of aryl methyl sites for hydroxylation is 1. The number of anilines is 1. The average Bonchev–Trinajstić information content (AvgIpc) is 3.12. The summed E-state index contributed by atoms with van der Waals surface area (Å²) in [6, 6.07) is 8.26. The van der Waals surface area contributed by atoms with Crippen LogP contribution in [0.4, 0.5) is 10.3 Å². The number of nitrogens with one attached hydrogen (secondary N) is 1. The molecule has 0 bridgehead atoms. The van der Waals surface area contributed by atoms with Gasteiger partial charge in [-0.2, -0.15) is 4.98 Å². The number of thioether (sulfide) groups is 1. The maximum absolute atomic E-state index is 13.0. The van der Waals surface area contributed by atoms with E-state index in [1.807, 2.05) is 19.9 Å². The zero-order chi connectivity index (χ0) is 18.0. The van der Waals surface area contributed by atoms with Crippen molar-refractivity contribution in [1.29, 1.82) is 0 Å². The third-order valence-corrected chi connectivity index (χ3v) is 4.79. The van der Waals surface area contributed by atoms with Crippen LogP contribution in [0.1, 0.15) is 27.3 Å². The van der Waals surface area contributed by atoms with Crippen molar-refractivity contribution in [1.82, 2.24) is 19.7 Å². The fourth-order valence-corrected chi connectivity index (χ4v) is 3.32. The number of carbonyl (C=O) groups is 1. The van der Waals surface area contributed by atoms with Crippen molar-refractivity contribution in [2.45, 2.75) is 25.5 Å². The van der Waals surface area contributed by atoms with Crippen molar-refractivity contribution in [2.75, 3.05) is 11.5 Å². The van der Waals surface area contributed by atoms with E-state index in [1.54, 1.807) is 12.1 Å². The molecule has 3 N–H and O–H groups in total. The number of halogens is 1. The Labute approximate surface area is 148 Å². The van der Waals surface area contributed by atoms with Gasteiger partial charge in [0.2, 0.25) is 11.1 Å². The summed E-state index contributed by atoms with van der Waals surface area (Å²) in [5.74, 6) is 0.211. The predicted molar refractivity (Wildman–Crippen MR) is 95.3 cm³/mol. The molecule has 0 atom stereocenters. The molecule has 130 valence electrons. The summed E-state index contributed by atoms with van der Waals surface area (Å²) in [5.41, 5.74) is 9.00. The molecule has 8 heteroatoms. The summed E-state index contributed by atoms with van der Waals surface area (Å²) in [6.45, 7) is 4.46. The van der Waals surface area contributed by atoms with Crippen LogP contribution in [0.25, 0.3) is 0 Å². The third kappa shape index (κ3) is 3.90. The Balaban J connectivity index is 1.74. The van der Waals surface area contributed by atoms with E-state index in [1.165, 1.54) is 23.9 Å². The minimum Gasteiger partial charge on any atom is -0.368 e. The van der Waals surface area contributed by atoms with Gasteiger partial charge in [0.15, 0.2) is 5.78 Å². The molecule has 3 aromatic rings. The third-order valence-electron chi connectivity index (χ3n) is 3.94. The standard InChI is InChI=1S/C17H18FN5OS/c1-10-7-14(15(24)9-25-17-20-16(19)21-22-17)11(2)23(10)8-12-3-5-13(18)6-4-12/h3-7H,8-9H2,1-2H3,(H3,19,20,21,22). The second-order valence-electron chi connectivity index (χ2n) is 5.71. The van der Waals surface area contributed by atoms with Gasteiger partial charge in [-0.1, -0.05) is 23.9 Å². The number of H-pyrrole nitrogens is 1. The van der Waals surface area contributed by atoms with E-state index < -0.39 is 0 Å². The van der Waals surface area contributed by atoms with Gasteiger partial charge >= 0.3 is 0 Å². The Morgan fingerprint density at radius 3 is 2.68 bits per heavy atom. The maximum atomic E-state index is 13.0. The summed E-state index contributed by atoms with van der Waals surface area (Å²) < 4.78 is 15.1. The molecule has 1 aromatic carbocycles. The molecule has 0 fully saturated rings. The molecule has 0 amide bonds. The lowest BCUT2D eigenvalue weighted by atomic mass is 10.2. The summed E-state index contributed by atoms with van der Waals surface area (Å²) in [4.78, 5) is 16.5. The highest BCUT2D eigenvalue weighted by molar-refractivity contribution is 7.99. The molecule has 6 nitrogen and oxygen atoms in total. The van der Waals surface area contributed by atoms with Gasteiger partial charge in [-0.3, -0.25) is 4.79 Å². The fraction of sp³-hybridized carbons (Fsp3) is 0.235. The molecule has 0 aliphatic carbocycles. The molecule has 2 heterocycles. The Morgan fingerprint density at radius 2 is 2.04 bits per heavy atom. The molecule has 2 aromatic heterocycles. The first kappa shape index (κ1) is 17.2. The number of aromatic amines is 1. The van der Waals surface area contributed by atoms with E-state index in [4.69, 9.17) is 5.73 Å². The van der Waals surface area contributed by atoms with Crippen LogP contribution < -0.4 is 5.73 Å². The van der Waals surface area contributed by atoms with Crippen molar-refractivity contribution >= 4 is 23.5 Å². The molecule has 0 saturated heterocycles. The monoisotopic (exact) mass is 359 g/mol. The van der Waals surface area contributed by atoms with Crippen LogP contribution in [0.5, 0.6) is 0 Å². The first-order valence-corrected chi connectivity index (χ1v) is 8.67. The summed E-state index contributed by atoms with van der Waals surface area (Å²) in [7, 11) is 0. The molecule has 0 spiro atoms. The van der Waals surface area contributed by atoms with Crippen molar-refractivity contribution in [3.8, 4) is 0 Å². The number of aromatic nitrogens is 4. The molecule has 0 saturated carbocycles. The number of carbonyl (C=O) groups excluding carboxylic acids is 1. The van der Waals surface area contributed by atoms with E-state index in [0.29, 0.717) is 17.3 Å². The summed E-state index contributed by atoms with van der Waals surface area (Å²) in [5, 5.41) is 6.90. The second kappa shape index (κ2) is 7.10. The van der Waals surface area contributed by atoms with Crippen LogP contribution in [0.2, 0.25) is 0 Å². The molecule has 0 radical (unpaired) electrons. The van der Waals surface area contributed by atoms with Crippen molar-refractivity contribution in [3.63, 3.8) is 0 Å². The maximum Gasteiger partial charge on any atom is 0.216 e. The van der Waals surface area contributed by atoms with Gasteiger partial charge in [0.1, 0.15) is 5.82 Å². The molecular formula is C17H18FN5OS. The highest BCUT2D eigenvalue weighted by Crippen LogP contribution is 2.21. The Hall–Kier alpha value is -2.61. The molecule has 0 aliphatic rings. The number of nitrogens with two attached hydrogens (primary N) is 1. The average molecular weight is 359 g/mol. The predicted octanol–water partition coefficient (Wildman–Crippen LogP) is 2.97. The van der Waals surface area contributed by atoms with Crippen molar-refractivity contribution in [2.24, 2.45) is 0 Å². The number of hydrogen-bond acceptors (Lipinski definition) is 5. The van der Waals surface area contributed by atoms with E-state index in [0.717, 1.165) is 17.0 Å². The highest BCUT2D eigenvalue weighted by Gasteiger charge is 2.17. The minimum atomic E-state index is -0.259. The first-order chi connectivity index (χ1) is 11.9. The zero-order valence-electron chi connectivity index (χ0n) is 13.9. The van der Waals surface area contributed by atoms with Gasteiger partial charge in [0, 0.05) is 23.5 Å². The zero-order valence-corrected chi connectivity index (χ0v) is 14.7. The van der Waals surface area contributed by atoms with Gasteiger partial charge in [-0.15, -0.1) is 5.10 Å². The molecule has 0 unspecified atom stereocenters. The van der Waals surface area contributed by atoms with Crippen LogP contribution in [0.3, 0.4) is 0 Å². The number of benzene rings is 1. The molecule has 0 aliphatic heterocycles. The number of ketones is 1. The molecular weight excluding hydrogens is 341 g/mol. The smallest absolute Gasteiger partial charge is 0.216 e. The number of rotatable bonds is 6. The van der Waals surface area contributed by atoms with Gasteiger partial charge in [-0.05, 0) is 37.6 Å². The quantitative estimate of drug-likeness (QED) is 0.522. The SMILES string of the molecule is Cc1cc(C(=O)CSc2n[nH]c(N)n2)c(C)n1Cc1ccc(F)cc1. The number of hydrogen-bond donors (Lipinski definition) is 2. The normalized spacial score (nSPS) is 11.0. The van der Waals surface area contributed by atoms with Crippen LogP contribution >= 0.6 is 11.8 Å². The van der Waals surface area contributed by atoms with E-state index in [-0.39, 0.29) is 23.3 Å². The van der Waals surface area contributed by atoms with Gasteiger partial charge < -0.3 is 10.3 Å². The number of nitrogens with zero attached hydrogens (tertiary/aromatic N) is 3. The van der Waals surface area contributed by atoms with Gasteiger partial charge in [-0.25, -0.2) is 9.49 Å². The molecule has 3 rings (SSSR count). The largest absolute Gasteiger partial charge is 0.368 e. The summed E-state index contributed by atoms with van der Waals surface area (Å²) >= 11 is 1.24. The lowest BCUT2D eigenvalue weighted by Gasteiger charge is -2.10. The Kier molecular flexibility index (Phi) is 4.89. The second-order valence-corrected chi connectivity index (χ2v) is 6.65. The van der Waals surface area contributed by atoms with E-state index >= 15 is 0 Å². The number of Topliss-reactive ketones (excluding diaryl/α,β-unsaturated/α-hetero) is 1. The van der Waals surface area contributed by atoms with Crippen molar-refractivity contribution < 1.29 is 9.18 Å². The lowest BCUT2D eigenvalue weighted by Crippen LogP contribution is -2.07. The van der Waals surface area contributed by atoms with Gasteiger partial charge in [0.25, 0.3) is 0 Å². The minimum absolute atomic E-state index is 0.00632. The van der Waals surface area contributed by atoms with Crippen LogP contribution in [0, 0.1) is 19.7 Å². The van der Waals surface area contributed by atoms with Crippen LogP contribution in [-0.4, -0.2) is 31.3 Å². The van der Waals surface area contributed by atoms with E-state index in [2.05, 4.69) is 19.7 Å². The molecule has 25 heavy (non-hydrogen) atoms. The highest BCUT2D eigenvalue weighted by atomic mass is 32.2. The topological polar surface area (TPSA) is 89.6 Å². The summed E-state index contributed by atoms with van der Waals surface area (Å²) in [6.07, 6.45) is 0. The fourth-order valence-electron chi connectivity index (χ4n) is 2.63. The number of nitrogen functional groups attached to an aromatic ring is 1. The van der Waals surface area contributed by atoms with Crippen molar-refractivity contribution in [3.05, 3.63) is 58.7 Å². The Morgan fingerprint density at radius 1 is 1.32 bits per heavy atom. The van der Waals surface area contributed by atoms with Gasteiger partial charge in [0.05, 0.1) is 5.75 Å².